The van der Waals surface area contributed by atoms with Gasteiger partial charge in [0.05, 0.1) is 7.11 Å². The highest BCUT2D eigenvalue weighted by atomic mass is 16.5. The Labute approximate surface area is 176 Å². The minimum Gasteiger partial charge on any atom is -0.497 e. The Morgan fingerprint density at radius 2 is 1.76 bits per heavy atom. The van der Waals surface area contributed by atoms with E-state index in [4.69, 9.17) is 4.74 Å². The molecule has 2 heterocycles. The van der Waals surface area contributed by atoms with Gasteiger partial charge in [0.15, 0.2) is 0 Å². The Hall–Kier alpha value is -1.30. The number of rotatable bonds is 6. The van der Waals surface area contributed by atoms with Crippen LogP contribution in [0.3, 0.4) is 0 Å². The molecule has 0 radical (unpaired) electrons. The van der Waals surface area contributed by atoms with E-state index in [0.29, 0.717) is 18.7 Å². The Kier molecular flexibility index (Phi) is 7.33. The van der Waals surface area contributed by atoms with Crippen molar-refractivity contribution in [3.63, 3.8) is 0 Å². The molecular weight excluding hydrogens is 362 g/mol. The minimum atomic E-state index is 0.315. The van der Waals surface area contributed by atoms with E-state index in [1.807, 2.05) is 6.07 Å². The summed E-state index contributed by atoms with van der Waals surface area (Å²) in [6.45, 7) is 6.07. The third-order valence-corrected chi connectivity index (χ3v) is 7.47. The normalized spacial score (nSPS) is 26.0. The zero-order chi connectivity index (χ0) is 20.1. The van der Waals surface area contributed by atoms with E-state index in [1.165, 1.54) is 63.7 Å². The number of nitrogens with zero attached hydrogens (tertiary/aromatic N) is 3. The first-order chi connectivity index (χ1) is 14.3. The van der Waals surface area contributed by atoms with Gasteiger partial charge < -0.3 is 14.7 Å². The lowest BCUT2D eigenvalue weighted by molar-refractivity contribution is -0.00352. The Balaban J connectivity index is 1.32. The van der Waals surface area contributed by atoms with E-state index in [-0.39, 0.29) is 0 Å². The minimum absolute atomic E-state index is 0.315. The van der Waals surface area contributed by atoms with Crippen LogP contribution in [0.4, 0.5) is 5.69 Å². The van der Waals surface area contributed by atoms with Gasteiger partial charge in [0.2, 0.25) is 0 Å². The van der Waals surface area contributed by atoms with Crippen LogP contribution in [0.5, 0.6) is 5.75 Å². The molecule has 2 saturated heterocycles. The summed E-state index contributed by atoms with van der Waals surface area (Å²) in [6.07, 6.45) is 10.3. The van der Waals surface area contributed by atoms with Gasteiger partial charge in [-0.25, -0.2) is 0 Å². The molecule has 5 heteroatoms. The fourth-order valence-electron chi connectivity index (χ4n) is 5.82. The second-order valence-electron chi connectivity index (χ2n) is 9.11. The quantitative estimate of drug-likeness (QED) is 0.791. The summed E-state index contributed by atoms with van der Waals surface area (Å²) < 4.78 is 5.40. The van der Waals surface area contributed by atoms with Crippen LogP contribution >= 0.6 is 0 Å². The lowest BCUT2D eigenvalue weighted by Gasteiger charge is -2.49. The second-order valence-corrected chi connectivity index (χ2v) is 9.11. The first kappa shape index (κ1) is 21.0. The predicted molar refractivity (Wildman–Crippen MR) is 119 cm³/mol. The maximum Gasteiger partial charge on any atom is 0.120 e. The fraction of sp³-hybridized carbons (Fsp3) is 0.750. The largest absolute Gasteiger partial charge is 0.497 e. The van der Waals surface area contributed by atoms with E-state index in [1.54, 1.807) is 7.11 Å². The number of piperidine rings is 1. The summed E-state index contributed by atoms with van der Waals surface area (Å²) in [4.78, 5) is 8.00. The van der Waals surface area contributed by atoms with Gasteiger partial charge in [-0.05, 0) is 44.2 Å². The zero-order valence-electron chi connectivity index (χ0n) is 18.1. The molecule has 1 aliphatic carbocycles. The number of benzene rings is 1. The average molecular weight is 402 g/mol. The molecule has 1 saturated carbocycles. The Morgan fingerprint density at radius 3 is 2.48 bits per heavy atom. The molecule has 1 atom stereocenters. The van der Waals surface area contributed by atoms with Crippen molar-refractivity contribution in [1.82, 2.24) is 9.80 Å². The van der Waals surface area contributed by atoms with Crippen LogP contribution in [0.2, 0.25) is 0 Å². The molecule has 3 fully saturated rings. The topological polar surface area (TPSA) is 39.2 Å². The van der Waals surface area contributed by atoms with Crippen LogP contribution in [0, 0.1) is 0 Å². The number of piperazine rings is 1. The molecule has 1 aromatic carbocycles. The SMILES string of the molecule is COc1cccc(N2CCC(N3CCN(C4CCCCC4)C(CCO)C3)CC2)c1. The predicted octanol–water partition coefficient (Wildman–Crippen LogP) is 3.37. The Bertz CT molecular complexity index is 626. The molecule has 2 aliphatic heterocycles. The molecule has 29 heavy (non-hydrogen) atoms. The van der Waals surface area contributed by atoms with Gasteiger partial charge in [-0.2, -0.15) is 0 Å². The summed E-state index contributed by atoms with van der Waals surface area (Å²) in [7, 11) is 1.74. The molecule has 1 N–H and O–H groups in total. The Morgan fingerprint density at radius 1 is 0.966 bits per heavy atom. The first-order valence-corrected chi connectivity index (χ1v) is 11.8. The van der Waals surface area contributed by atoms with Crippen molar-refractivity contribution in [3.8, 4) is 5.75 Å². The number of anilines is 1. The summed E-state index contributed by atoms with van der Waals surface area (Å²) in [5.74, 6) is 0.940. The van der Waals surface area contributed by atoms with Crippen LogP contribution in [0.1, 0.15) is 51.4 Å². The van der Waals surface area contributed by atoms with E-state index in [2.05, 4.69) is 32.9 Å². The number of hydrogen-bond acceptors (Lipinski definition) is 5. The van der Waals surface area contributed by atoms with Gasteiger partial charge in [0.25, 0.3) is 0 Å². The van der Waals surface area contributed by atoms with E-state index in [0.717, 1.165) is 37.8 Å². The molecule has 162 valence electrons. The molecule has 1 aromatic rings. The van der Waals surface area contributed by atoms with Gasteiger partial charge >= 0.3 is 0 Å². The summed E-state index contributed by atoms with van der Waals surface area (Å²) in [5.41, 5.74) is 1.28. The van der Waals surface area contributed by atoms with Crippen molar-refractivity contribution in [2.45, 2.75) is 69.5 Å². The van der Waals surface area contributed by atoms with Crippen molar-refractivity contribution in [2.24, 2.45) is 0 Å². The second kappa shape index (κ2) is 10.1. The molecular formula is C24H39N3O2. The van der Waals surface area contributed by atoms with E-state index >= 15 is 0 Å². The lowest BCUT2D eigenvalue weighted by atomic mass is 9.91. The average Bonchev–Trinajstić information content (AvgIpc) is 2.80. The van der Waals surface area contributed by atoms with Gasteiger partial charge in [0, 0.05) is 69.2 Å². The molecule has 1 unspecified atom stereocenters. The third-order valence-electron chi connectivity index (χ3n) is 7.47. The van der Waals surface area contributed by atoms with Gasteiger partial charge in [-0.3, -0.25) is 9.80 Å². The number of hydrogen-bond donors (Lipinski definition) is 1. The van der Waals surface area contributed by atoms with Crippen LogP contribution < -0.4 is 9.64 Å². The smallest absolute Gasteiger partial charge is 0.120 e. The molecule has 0 aromatic heterocycles. The van der Waals surface area contributed by atoms with Crippen LogP contribution in [-0.4, -0.2) is 79.5 Å². The van der Waals surface area contributed by atoms with Crippen LogP contribution in [-0.2, 0) is 0 Å². The van der Waals surface area contributed by atoms with Crippen LogP contribution in [0.25, 0.3) is 0 Å². The van der Waals surface area contributed by atoms with Crippen molar-refractivity contribution in [2.75, 3.05) is 51.3 Å². The highest BCUT2D eigenvalue weighted by Gasteiger charge is 2.35. The number of methoxy groups -OCH3 is 1. The van der Waals surface area contributed by atoms with Crippen molar-refractivity contribution in [1.29, 1.82) is 0 Å². The zero-order valence-corrected chi connectivity index (χ0v) is 18.1. The van der Waals surface area contributed by atoms with Gasteiger partial charge in [-0.15, -0.1) is 0 Å². The monoisotopic (exact) mass is 401 g/mol. The molecule has 3 aliphatic rings. The fourth-order valence-corrected chi connectivity index (χ4v) is 5.82. The highest BCUT2D eigenvalue weighted by molar-refractivity contribution is 5.51. The van der Waals surface area contributed by atoms with E-state index < -0.39 is 0 Å². The van der Waals surface area contributed by atoms with Gasteiger partial charge in [0.1, 0.15) is 5.75 Å². The summed E-state index contributed by atoms with van der Waals surface area (Å²) in [5, 5.41) is 9.67. The molecule has 0 bridgehead atoms. The standard InChI is InChI=1S/C24H39N3O2/c1-29-24-9-5-8-22(18-24)25-13-10-20(11-14-25)26-15-16-27(23(19-26)12-17-28)21-6-3-2-4-7-21/h5,8-9,18,20-21,23,28H,2-4,6-7,10-17,19H2,1H3. The molecule has 4 rings (SSSR count). The molecule has 0 spiro atoms. The van der Waals surface area contributed by atoms with Crippen molar-refractivity contribution in [3.05, 3.63) is 24.3 Å². The highest BCUT2D eigenvalue weighted by Crippen LogP contribution is 2.30. The number of aliphatic hydroxyl groups excluding tert-OH is 1. The summed E-state index contributed by atoms with van der Waals surface area (Å²) >= 11 is 0. The van der Waals surface area contributed by atoms with E-state index in [9.17, 15) is 5.11 Å². The number of aliphatic hydroxyl groups is 1. The van der Waals surface area contributed by atoms with Gasteiger partial charge in [-0.1, -0.05) is 25.3 Å². The summed E-state index contributed by atoms with van der Waals surface area (Å²) in [6, 6.07) is 10.4. The first-order valence-electron chi connectivity index (χ1n) is 11.8. The number of ether oxygens (including phenoxy) is 1. The maximum atomic E-state index is 9.67. The third kappa shape index (κ3) is 5.07. The van der Waals surface area contributed by atoms with Crippen molar-refractivity contribution < 1.29 is 9.84 Å². The van der Waals surface area contributed by atoms with Crippen molar-refractivity contribution >= 4 is 5.69 Å². The van der Waals surface area contributed by atoms with Crippen LogP contribution in [0.15, 0.2) is 24.3 Å². The molecule has 0 amide bonds. The maximum absolute atomic E-state index is 9.67. The molecule has 5 nitrogen and oxygen atoms in total. The lowest BCUT2D eigenvalue weighted by Crippen LogP contribution is -2.60.